The first-order valence-electron chi connectivity index (χ1n) is 11.1. The molecule has 1 saturated carbocycles. The van der Waals surface area contributed by atoms with Gasteiger partial charge in [0.25, 0.3) is 0 Å². The molecule has 158 valence electrons. The van der Waals surface area contributed by atoms with Gasteiger partial charge in [-0.05, 0) is 70.2 Å². The van der Waals surface area contributed by atoms with E-state index in [1.807, 2.05) is 0 Å². The maximum absolute atomic E-state index is 4.72. The highest BCUT2D eigenvalue weighted by Crippen LogP contribution is 2.37. The topological polar surface area (TPSA) is 44.0 Å². The van der Waals surface area contributed by atoms with Crippen LogP contribution in [0.25, 0.3) is 16.5 Å². The minimum Gasteiger partial charge on any atom is -0.351 e. The van der Waals surface area contributed by atoms with Crippen molar-refractivity contribution in [3.05, 3.63) is 65.2 Å². The van der Waals surface area contributed by atoms with Crippen molar-refractivity contribution in [2.45, 2.75) is 72.4 Å². The van der Waals surface area contributed by atoms with E-state index in [0.717, 1.165) is 35.7 Å². The summed E-state index contributed by atoms with van der Waals surface area (Å²) in [4.78, 5) is 2.46. The Bertz CT molecular complexity index is 1040. The molecule has 1 fully saturated rings. The van der Waals surface area contributed by atoms with Crippen LogP contribution in [-0.2, 0) is 6.54 Å². The first-order valence-corrected chi connectivity index (χ1v) is 11.1. The molecule has 0 bridgehead atoms. The number of anilines is 1. The number of allylic oxidation sites excluding steroid dienone is 6. The third-order valence-electron chi connectivity index (χ3n) is 6.17. The van der Waals surface area contributed by atoms with Crippen molar-refractivity contribution in [1.82, 2.24) is 15.1 Å². The van der Waals surface area contributed by atoms with E-state index in [0.29, 0.717) is 6.04 Å². The highest BCUT2D eigenvalue weighted by Gasteiger charge is 2.28. The van der Waals surface area contributed by atoms with Crippen molar-refractivity contribution in [1.29, 1.82) is 0 Å². The number of hydrogen-bond donors (Lipinski definition) is 2. The van der Waals surface area contributed by atoms with E-state index in [2.05, 4.69) is 80.0 Å². The zero-order chi connectivity index (χ0) is 21.3. The molecule has 4 heteroatoms. The Balaban J connectivity index is 1.73. The molecule has 0 amide bonds. The summed E-state index contributed by atoms with van der Waals surface area (Å²) >= 11 is 0. The van der Waals surface area contributed by atoms with Gasteiger partial charge in [-0.1, -0.05) is 48.8 Å². The van der Waals surface area contributed by atoms with Gasteiger partial charge in [-0.3, -0.25) is 5.10 Å². The van der Waals surface area contributed by atoms with Crippen molar-refractivity contribution in [2.24, 2.45) is 0 Å². The normalized spacial score (nSPS) is 17.1. The van der Waals surface area contributed by atoms with Crippen LogP contribution in [0.1, 0.15) is 71.1 Å². The number of aromatic nitrogens is 2. The Kier molecular flexibility index (Phi) is 5.85. The molecular weight excluding hydrogens is 368 g/mol. The van der Waals surface area contributed by atoms with E-state index in [9.17, 15) is 0 Å². The number of nitrogens with zero attached hydrogens (tertiary/aromatic N) is 2. The van der Waals surface area contributed by atoms with Crippen LogP contribution in [0.2, 0.25) is 0 Å². The first kappa shape index (κ1) is 20.5. The summed E-state index contributed by atoms with van der Waals surface area (Å²) in [6.45, 7) is 13.8. The molecule has 4 nitrogen and oxygen atoms in total. The van der Waals surface area contributed by atoms with Gasteiger partial charge in [0.15, 0.2) is 0 Å². The smallest absolute Gasteiger partial charge is 0.0989 e. The third kappa shape index (κ3) is 4.23. The predicted molar refractivity (Wildman–Crippen MR) is 128 cm³/mol. The molecule has 0 saturated heterocycles. The lowest BCUT2D eigenvalue weighted by molar-refractivity contribution is 0.245. The molecule has 1 aromatic carbocycles. The van der Waals surface area contributed by atoms with Crippen LogP contribution in [0.5, 0.6) is 0 Å². The molecule has 0 unspecified atom stereocenters. The third-order valence-corrected chi connectivity index (χ3v) is 6.17. The van der Waals surface area contributed by atoms with E-state index < -0.39 is 0 Å². The van der Waals surface area contributed by atoms with Crippen LogP contribution in [0, 0.1) is 0 Å². The Hall–Kier alpha value is -2.75. The standard InChI is InChI=1S/C26H34N4/c1-17(2)10-12-20(13-11-18(3)4)26-23-14-21-16-30(22-8-6-7-9-22)19(5)27-24(21)15-25(23)28-29-26/h10-12,14-15,22,27H,5-9,13,16H2,1-4H3,(H,28,29)/b20-12+. The van der Waals surface area contributed by atoms with Gasteiger partial charge in [0.1, 0.15) is 0 Å². The lowest BCUT2D eigenvalue weighted by Gasteiger charge is -2.37. The summed E-state index contributed by atoms with van der Waals surface area (Å²) < 4.78 is 0. The van der Waals surface area contributed by atoms with Crippen LogP contribution >= 0.6 is 0 Å². The van der Waals surface area contributed by atoms with Crippen molar-refractivity contribution in [2.75, 3.05) is 5.32 Å². The fraction of sp³-hybridized carbons (Fsp3) is 0.423. The van der Waals surface area contributed by atoms with Crippen LogP contribution in [-0.4, -0.2) is 21.1 Å². The molecule has 1 aliphatic carbocycles. The van der Waals surface area contributed by atoms with Gasteiger partial charge in [-0.2, -0.15) is 5.10 Å². The number of fused-ring (bicyclic) bond motifs is 2. The highest BCUT2D eigenvalue weighted by atomic mass is 15.3. The second kappa shape index (κ2) is 8.55. The van der Waals surface area contributed by atoms with Gasteiger partial charge in [0.2, 0.25) is 0 Å². The zero-order valence-corrected chi connectivity index (χ0v) is 18.8. The van der Waals surface area contributed by atoms with Crippen LogP contribution in [0.3, 0.4) is 0 Å². The van der Waals surface area contributed by atoms with Gasteiger partial charge < -0.3 is 10.2 Å². The average Bonchev–Trinajstić information content (AvgIpc) is 3.35. The monoisotopic (exact) mass is 402 g/mol. The number of H-pyrrole nitrogens is 1. The summed E-state index contributed by atoms with van der Waals surface area (Å²) in [5, 5.41) is 12.7. The molecule has 4 rings (SSSR count). The molecule has 0 atom stereocenters. The Morgan fingerprint density at radius 3 is 2.60 bits per heavy atom. The number of nitrogens with one attached hydrogen (secondary N) is 2. The summed E-state index contributed by atoms with van der Waals surface area (Å²) in [6, 6.07) is 5.13. The van der Waals surface area contributed by atoms with Crippen molar-refractivity contribution >= 4 is 22.2 Å². The van der Waals surface area contributed by atoms with E-state index in [1.165, 1.54) is 53.4 Å². The molecule has 0 radical (unpaired) electrons. The van der Waals surface area contributed by atoms with Crippen LogP contribution < -0.4 is 5.32 Å². The van der Waals surface area contributed by atoms with Crippen molar-refractivity contribution < 1.29 is 0 Å². The molecule has 0 spiro atoms. The lowest BCUT2D eigenvalue weighted by Crippen LogP contribution is -2.37. The second-order valence-corrected chi connectivity index (χ2v) is 9.19. The van der Waals surface area contributed by atoms with Gasteiger partial charge in [0, 0.05) is 23.7 Å². The molecule has 1 aromatic heterocycles. The summed E-state index contributed by atoms with van der Waals surface area (Å²) in [6.07, 6.45) is 12.8. The summed E-state index contributed by atoms with van der Waals surface area (Å²) in [5.74, 6) is 1.03. The fourth-order valence-electron chi connectivity index (χ4n) is 4.50. The maximum atomic E-state index is 4.72. The number of hydrogen-bond acceptors (Lipinski definition) is 3. The largest absolute Gasteiger partial charge is 0.351 e. The molecule has 1 aliphatic heterocycles. The first-order chi connectivity index (χ1) is 14.4. The molecule has 2 N–H and O–H groups in total. The van der Waals surface area contributed by atoms with Gasteiger partial charge in [-0.25, -0.2) is 0 Å². The lowest BCUT2D eigenvalue weighted by atomic mass is 9.99. The van der Waals surface area contributed by atoms with E-state index in [-0.39, 0.29) is 0 Å². The van der Waals surface area contributed by atoms with Crippen molar-refractivity contribution in [3.8, 4) is 0 Å². The number of rotatable bonds is 5. The zero-order valence-electron chi connectivity index (χ0n) is 18.8. The second-order valence-electron chi connectivity index (χ2n) is 9.19. The fourth-order valence-corrected chi connectivity index (χ4v) is 4.50. The predicted octanol–water partition coefficient (Wildman–Crippen LogP) is 6.91. The highest BCUT2D eigenvalue weighted by molar-refractivity contribution is 5.94. The van der Waals surface area contributed by atoms with Crippen LogP contribution in [0.4, 0.5) is 5.69 Å². The van der Waals surface area contributed by atoms with E-state index in [4.69, 9.17) is 5.10 Å². The number of benzene rings is 1. The summed E-state index contributed by atoms with van der Waals surface area (Å²) in [7, 11) is 0. The Morgan fingerprint density at radius 1 is 1.13 bits per heavy atom. The van der Waals surface area contributed by atoms with Crippen LogP contribution in [0.15, 0.2) is 53.9 Å². The molecule has 2 aliphatic rings. The summed E-state index contributed by atoms with van der Waals surface area (Å²) in [5.41, 5.74) is 8.45. The van der Waals surface area contributed by atoms with Gasteiger partial charge in [0.05, 0.1) is 17.0 Å². The molecular formula is C26H34N4. The molecule has 2 heterocycles. The average molecular weight is 403 g/mol. The number of aromatic amines is 1. The van der Waals surface area contributed by atoms with Gasteiger partial charge in [-0.15, -0.1) is 0 Å². The molecule has 30 heavy (non-hydrogen) atoms. The van der Waals surface area contributed by atoms with E-state index in [1.54, 1.807) is 0 Å². The minimum absolute atomic E-state index is 0.614. The Morgan fingerprint density at radius 2 is 1.90 bits per heavy atom. The van der Waals surface area contributed by atoms with Gasteiger partial charge >= 0.3 is 0 Å². The molecule has 2 aromatic rings. The Labute approximate surface area is 180 Å². The van der Waals surface area contributed by atoms with Crippen molar-refractivity contribution in [3.63, 3.8) is 0 Å². The minimum atomic E-state index is 0.614. The quantitative estimate of drug-likeness (QED) is 0.422. The van der Waals surface area contributed by atoms with E-state index >= 15 is 0 Å². The maximum Gasteiger partial charge on any atom is 0.0989 e. The SMILES string of the molecule is C=C1Nc2cc3[nH]nc(/C(=C/C=C(C)C)CC=C(C)C)c3cc2CN1C1CCCC1.